The first kappa shape index (κ1) is 15.3. The van der Waals surface area contributed by atoms with Crippen molar-refractivity contribution in [2.45, 2.75) is 6.42 Å². The summed E-state index contributed by atoms with van der Waals surface area (Å²) in [7, 11) is 0. The summed E-state index contributed by atoms with van der Waals surface area (Å²) in [5.74, 6) is 0.102. The van der Waals surface area contributed by atoms with E-state index >= 15 is 0 Å². The van der Waals surface area contributed by atoms with Crippen molar-refractivity contribution in [1.82, 2.24) is 14.8 Å². The zero-order valence-electron chi connectivity index (χ0n) is 12.5. The average molecular weight is 319 g/mol. The molecule has 2 fully saturated rings. The molecule has 3 rings (SSSR count). The molecule has 3 heterocycles. The standard InChI is InChI=1S/C14H17N5O4/c20-13(12-1-4-15-5-2-12)18-7-6-17(14(18)16-19(21)22)9-11-3-8-23-10-11/h1-2,4-5,11H,3,6-10H2. The Morgan fingerprint density at radius 3 is 2.87 bits per heavy atom. The van der Waals surface area contributed by atoms with Gasteiger partial charge in [0.15, 0.2) is 5.03 Å². The normalized spacial score (nSPS) is 22.8. The summed E-state index contributed by atoms with van der Waals surface area (Å²) >= 11 is 0. The number of carbonyl (C=O) groups excluding carboxylic acids is 1. The van der Waals surface area contributed by atoms with Crippen molar-refractivity contribution < 1.29 is 14.6 Å². The van der Waals surface area contributed by atoms with E-state index in [4.69, 9.17) is 4.74 Å². The maximum absolute atomic E-state index is 12.6. The molecule has 9 heteroatoms. The lowest BCUT2D eigenvalue weighted by Crippen LogP contribution is -2.40. The number of nitro groups is 1. The molecule has 0 bridgehead atoms. The fraction of sp³-hybridized carbons (Fsp3) is 0.500. The topological polar surface area (TPSA) is 101 Å². The predicted molar refractivity (Wildman–Crippen MR) is 80.2 cm³/mol. The summed E-state index contributed by atoms with van der Waals surface area (Å²) in [5, 5.41) is 13.5. The van der Waals surface area contributed by atoms with Gasteiger partial charge in [0.2, 0.25) is 0 Å². The molecule has 1 unspecified atom stereocenters. The van der Waals surface area contributed by atoms with Crippen LogP contribution in [0.4, 0.5) is 0 Å². The molecule has 23 heavy (non-hydrogen) atoms. The number of hydrazone groups is 1. The number of rotatable bonds is 4. The van der Waals surface area contributed by atoms with Crippen molar-refractivity contribution in [3.05, 3.63) is 40.2 Å². The average Bonchev–Trinajstić information content (AvgIpc) is 3.18. The minimum atomic E-state index is -0.758. The minimum absolute atomic E-state index is 0.101. The lowest BCUT2D eigenvalue weighted by atomic mass is 10.1. The lowest BCUT2D eigenvalue weighted by Gasteiger charge is -2.21. The fourth-order valence-corrected chi connectivity index (χ4v) is 2.84. The van der Waals surface area contributed by atoms with Gasteiger partial charge in [-0.05, 0) is 18.6 Å². The van der Waals surface area contributed by atoms with Crippen molar-refractivity contribution >= 4 is 11.9 Å². The van der Waals surface area contributed by atoms with Gasteiger partial charge in [-0.15, -0.1) is 0 Å². The monoisotopic (exact) mass is 319 g/mol. The number of guanidine groups is 1. The summed E-state index contributed by atoms with van der Waals surface area (Å²) in [6, 6.07) is 3.17. The highest BCUT2D eigenvalue weighted by Crippen LogP contribution is 2.19. The Labute approximate surface area is 132 Å². The van der Waals surface area contributed by atoms with Gasteiger partial charge in [0.25, 0.3) is 11.9 Å². The van der Waals surface area contributed by atoms with Gasteiger partial charge in [-0.3, -0.25) is 14.7 Å². The predicted octanol–water partition coefficient (Wildman–Crippen LogP) is 0.424. The van der Waals surface area contributed by atoms with Crippen LogP contribution in [-0.4, -0.2) is 64.5 Å². The number of ether oxygens (including phenoxy) is 1. The van der Waals surface area contributed by atoms with E-state index in [9.17, 15) is 14.9 Å². The molecule has 0 radical (unpaired) electrons. The molecule has 2 aliphatic heterocycles. The first-order chi connectivity index (χ1) is 11.1. The molecule has 2 saturated heterocycles. The lowest BCUT2D eigenvalue weighted by molar-refractivity contribution is -0.486. The van der Waals surface area contributed by atoms with Crippen LogP contribution in [0.15, 0.2) is 29.6 Å². The zero-order valence-corrected chi connectivity index (χ0v) is 12.5. The molecular formula is C14H17N5O4. The van der Waals surface area contributed by atoms with Crippen molar-refractivity contribution in [1.29, 1.82) is 0 Å². The molecule has 9 nitrogen and oxygen atoms in total. The summed E-state index contributed by atoms with van der Waals surface area (Å²) in [6.07, 6.45) is 3.95. The molecule has 0 aromatic carbocycles. The fourth-order valence-electron chi connectivity index (χ4n) is 2.84. The van der Waals surface area contributed by atoms with Crippen molar-refractivity contribution in [2.75, 3.05) is 32.8 Å². The van der Waals surface area contributed by atoms with Crippen LogP contribution in [0.2, 0.25) is 0 Å². The van der Waals surface area contributed by atoms with Crippen molar-refractivity contribution in [3.63, 3.8) is 0 Å². The second kappa shape index (κ2) is 6.69. The van der Waals surface area contributed by atoms with Crippen LogP contribution in [-0.2, 0) is 4.74 Å². The van der Waals surface area contributed by atoms with Gasteiger partial charge in [-0.25, -0.2) is 10.1 Å². The number of aromatic nitrogens is 1. The zero-order chi connectivity index (χ0) is 16.2. The van der Waals surface area contributed by atoms with Gasteiger partial charge < -0.3 is 9.64 Å². The van der Waals surface area contributed by atoms with Gasteiger partial charge in [0.1, 0.15) is 5.10 Å². The van der Waals surface area contributed by atoms with Crippen LogP contribution in [0.25, 0.3) is 0 Å². The van der Waals surface area contributed by atoms with Crippen LogP contribution in [0.1, 0.15) is 16.8 Å². The Morgan fingerprint density at radius 1 is 1.43 bits per heavy atom. The van der Waals surface area contributed by atoms with Crippen molar-refractivity contribution in [2.24, 2.45) is 11.0 Å². The number of pyridine rings is 1. The molecule has 1 atom stereocenters. The Kier molecular flexibility index (Phi) is 4.47. The number of carbonyl (C=O) groups is 1. The molecule has 122 valence electrons. The third-order valence-electron chi connectivity index (χ3n) is 3.96. The van der Waals surface area contributed by atoms with Crippen LogP contribution in [0.3, 0.4) is 0 Å². The van der Waals surface area contributed by atoms with E-state index in [2.05, 4.69) is 10.1 Å². The van der Waals surface area contributed by atoms with Crippen LogP contribution in [0.5, 0.6) is 0 Å². The van der Waals surface area contributed by atoms with Crippen LogP contribution >= 0.6 is 0 Å². The second-order valence-corrected chi connectivity index (χ2v) is 5.51. The Hall–Kier alpha value is -2.55. The molecule has 0 spiro atoms. The van der Waals surface area contributed by atoms with E-state index in [0.29, 0.717) is 44.3 Å². The van der Waals surface area contributed by atoms with E-state index in [1.54, 1.807) is 17.0 Å². The molecule has 2 aliphatic rings. The molecule has 0 saturated carbocycles. The molecular weight excluding hydrogens is 302 g/mol. The smallest absolute Gasteiger partial charge is 0.281 e. The third kappa shape index (κ3) is 3.45. The minimum Gasteiger partial charge on any atom is -0.381 e. The Bertz CT molecular complexity index is 615. The summed E-state index contributed by atoms with van der Waals surface area (Å²) < 4.78 is 5.34. The summed E-state index contributed by atoms with van der Waals surface area (Å²) in [4.78, 5) is 30.4. The molecule has 0 aliphatic carbocycles. The van der Waals surface area contributed by atoms with Gasteiger partial charge in [0, 0.05) is 50.1 Å². The van der Waals surface area contributed by atoms with E-state index in [0.717, 1.165) is 6.42 Å². The van der Waals surface area contributed by atoms with E-state index in [-0.39, 0.29) is 11.9 Å². The maximum atomic E-state index is 12.6. The number of nitrogens with zero attached hydrogens (tertiary/aromatic N) is 5. The maximum Gasteiger partial charge on any atom is 0.281 e. The molecule has 1 aromatic rings. The second-order valence-electron chi connectivity index (χ2n) is 5.51. The SMILES string of the molecule is O=C(c1ccncc1)N1CCN(CC2CCOC2)C1=N[N+](=O)[O-]. The number of hydrogen-bond acceptors (Lipinski definition) is 5. The number of hydrogen-bond donors (Lipinski definition) is 0. The molecule has 0 N–H and O–H groups in total. The highest BCUT2D eigenvalue weighted by atomic mass is 16.7. The third-order valence-corrected chi connectivity index (χ3v) is 3.96. The summed E-state index contributed by atoms with van der Waals surface area (Å²) in [5.41, 5.74) is 0.432. The van der Waals surface area contributed by atoms with Gasteiger partial charge in [-0.1, -0.05) is 0 Å². The highest BCUT2D eigenvalue weighted by molar-refractivity contribution is 6.06. The van der Waals surface area contributed by atoms with E-state index < -0.39 is 5.03 Å². The molecule has 1 aromatic heterocycles. The first-order valence-electron chi connectivity index (χ1n) is 7.42. The first-order valence-corrected chi connectivity index (χ1v) is 7.42. The van der Waals surface area contributed by atoms with E-state index in [1.807, 2.05) is 0 Å². The van der Waals surface area contributed by atoms with Gasteiger partial charge in [-0.2, -0.15) is 0 Å². The Balaban J connectivity index is 1.79. The van der Waals surface area contributed by atoms with Crippen LogP contribution in [0, 0.1) is 16.0 Å². The van der Waals surface area contributed by atoms with Gasteiger partial charge in [0.05, 0.1) is 6.61 Å². The van der Waals surface area contributed by atoms with Crippen LogP contribution < -0.4 is 0 Å². The van der Waals surface area contributed by atoms with E-state index in [1.165, 1.54) is 17.3 Å². The summed E-state index contributed by atoms with van der Waals surface area (Å²) in [6.45, 7) is 2.86. The van der Waals surface area contributed by atoms with Crippen molar-refractivity contribution in [3.8, 4) is 0 Å². The Morgan fingerprint density at radius 2 is 2.22 bits per heavy atom. The molecule has 1 amide bonds. The largest absolute Gasteiger partial charge is 0.381 e. The quantitative estimate of drug-likeness (QED) is 0.589. The number of amides is 1. The highest BCUT2D eigenvalue weighted by Gasteiger charge is 2.36. The van der Waals surface area contributed by atoms with Gasteiger partial charge >= 0.3 is 0 Å².